The van der Waals surface area contributed by atoms with Crippen molar-refractivity contribution in [1.29, 1.82) is 0 Å². The Morgan fingerprint density at radius 2 is 2.04 bits per heavy atom. The zero-order valence-electron chi connectivity index (χ0n) is 15.9. The Morgan fingerprint density at radius 1 is 1.19 bits per heavy atom. The summed E-state index contributed by atoms with van der Waals surface area (Å²) in [6, 6.07) is 8.79. The number of unbranched alkanes of at least 4 members (excludes halogenated alkanes) is 2. The van der Waals surface area contributed by atoms with Crippen molar-refractivity contribution >= 4 is 28.3 Å². The number of thiophene rings is 1. The number of nitrogens with zero attached hydrogens (tertiary/aromatic N) is 3. The summed E-state index contributed by atoms with van der Waals surface area (Å²) in [4.78, 5) is 20.1. The molecule has 0 radical (unpaired) electrons. The van der Waals surface area contributed by atoms with Crippen molar-refractivity contribution in [2.24, 2.45) is 0 Å². The maximum Gasteiger partial charge on any atom is 0.264 e. The number of carbonyl (C=O) groups excluding carboxylic acids is 1. The number of rotatable bonds is 9. The van der Waals surface area contributed by atoms with E-state index in [9.17, 15) is 9.18 Å². The second-order valence-electron chi connectivity index (χ2n) is 6.70. The lowest BCUT2D eigenvalue weighted by Gasteiger charge is -2.22. The topological polar surface area (TPSA) is 38.1 Å². The molecule has 3 aromatic rings. The van der Waals surface area contributed by atoms with E-state index in [-0.39, 0.29) is 11.7 Å². The van der Waals surface area contributed by atoms with Crippen LogP contribution in [0.25, 0.3) is 11.0 Å². The second-order valence-corrected chi connectivity index (χ2v) is 7.65. The quantitative estimate of drug-likeness (QED) is 0.456. The average Bonchev–Trinajstić information content (AvgIpc) is 3.31. The third-order valence-corrected chi connectivity index (χ3v) is 5.50. The molecular formula is C21H26FN3OS. The molecule has 0 spiro atoms. The lowest BCUT2D eigenvalue weighted by atomic mass is 10.2. The molecule has 0 N–H and O–H groups in total. The van der Waals surface area contributed by atoms with Crippen molar-refractivity contribution in [2.75, 3.05) is 6.54 Å². The molecule has 2 aromatic heterocycles. The number of aryl methyl sites for hydroxylation is 1. The van der Waals surface area contributed by atoms with Gasteiger partial charge in [-0.1, -0.05) is 38.8 Å². The summed E-state index contributed by atoms with van der Waals surface area (Å²) in [6.45, 7) is 6.07. The molecule has 0 fully saturated rings. The lowest BCUT2D eigenvalue weighted by molar-refractivity contribution is 0.0739. The Balaban J connectivity index is 1.93. The van der Waals surface area contributed by atoms with Gasteiger partial charge in [-0.2, -0.15) is 0 Å². The molecule has 3 rings (SSSR count). The van der Waals surface area contributed by atoms with Gasteiger partial charge in [0.25, 0.3) is 5.91 Å². The van der Waals surface area contributed by atoms with Crippen molar-refractivity contribution in [3.8, 4) is 0 Å². The Labute approximate surface area is 163 Å². The zero-order valence-corrected chi connectivity index (χ0v) is 16.8. The summed E-state index contributed by atoms with van der Waals surface area (Å²) in [5, 5.41) is 1.92. The molecule has 0 saturated carbocycles. The standard InChI is InChI=1S/C21H26FN3OS/c1-3-5-6-13-24(21(26)18-11-8-14-27-18)15-19-23-20-16(22)9-7-10-17(20)25(19)12-4-2/h7-11,14H,3-6,12-13,15H2,1-2H3. The summed E-state index contributed by atoms with van der Waals surface area (Å²) in [6.07, 6.45) is 4.05. The smallest absolute Gasteiger partial charge is 0.264 e. The maximum absolute atomic E-state index is 14.2. The van der Waals surface area contributed by atoms with Gasteiger partial charge < -0.3 is 9.47 Å². The van der Waals surface area contributed by atoms with Crippen LogP contribution in [0, 0.1) is 5.82 Å². The van der Waals surface area contributed by atoms with Gasteiger partial charge in [-0.15, -0.1) is 11.3 Å². The fourth-order valence-electron chi connectivity index (χ4n) is 3.29. The highest BCUT2D eigenvalue weighted by Crippen LogP contribution is 2.22. The zero-order chi connectivity index (χ0) is 19.2. The van der Waals surface area contributed by atoms with E-state index < -0.39 is 0 Å². The summed E-state index contributed by atoms with van der Waals surface area (Å²) in [5.41, 5.74) is 1.18. The SMILES string of the molecule is CCCCCN(Cc1nc2c(F)cccc2n1CCC)C(=O)c1cccs1. The minimum Gasteiger partial charge on any atom is -0.330 e. The van der Waals surface area contributed by atoms with E-state index in [1.165, 1.54) is 17.4 Å². The number of aromatic nitrogens is 2. The van der Waals surface area contributed by atoms with Gasteiger partial charge in [0.1, 0.15) is 11.3 Å². The Bertz CT molecular complexity index is 888. The Kier molecular flexibility index (Phi) is 6.61. The molecule has 2 heterocycles. The van der Waals surface area contributed by atoms with Crippen molar-refractivity contribution < 1.29 is 9.18 Å². The summed E-state index contributed by atoms with van der Waals surface area (Å²) >= 11 is 1.45. The maximum atomic E-state index is 14.2. The number of amides is 1. The normalized spacial score (nSPS) is 11.2. The van der Waals surface area contributed by atoms with Crippen LogP contribution in [0.15, 0.2) is 35.7 Å². The van der Waals surface area contributed by atoms with Crippen LogP contribution in [0.2, 0.25) is 0 Å². The van der Waals surface area contributed by atoms with Crippen LogP contribution in [-0.4, -0.2) is 26.9 Å². The number of hydrogen-bond acceptors (Lipinski definition) is 3. The van der Waals surface area contributed by atoms with E-state index in [1.807, 2.05) is 33.0 Å². The number of imidazole rings is 1. The van der Waals surface area contributed by atoms with Gasteiger partial charge in [-0.25, -0.2) is 9.37 Å². The monoisotopic (exact) mass is 387 g/mol. The first-order valence-corrected chi connectivity index (χ1v) is 10.5. The molecule has 0 aliphatic heterocycles. The van der Waals surface area contributed by atoms with Gasteiger partial charge in [-0.3, -0.25) is 4.79 Å². The summed E-state index contributed by atoms with van der Waals surface area (Å²) < 4.78 is 16.3. The van der Waals surface area contributed by atoms with Crippen molar-refractivity contribution in [2.45, 2.75) is 52.6 Å². The van der Waals surface area contributed by atoms with Gasteiger partial charge in [0.2, 0.25) is 0 Å². The lowest BCUT2D eigenvalue weighted by Crippen LogP contribution is -2.32. The highest BCUT2D eigenvalue weighted by atomic mass is 32.1. The fraction of sp³-hybridized carbons (Fsp3) is 0.429. The number of hydrogen-bond donors (Lipinski definition) is 0. The van der Waals surface area contributed by atoms with E-state index in [1.54, 1.807) is 6.07 Å². The first-order valence-electron chi connectivity index (χ1n) is 9.62. The third-order valence-electron chi connectivity index (χ3n) is 4.64. The number of para-hydroxylation sites is 1. The largest absolute Gasteiger partial charge is 0.330 e. The molecule has 6 heteroatoms. The van der Waals surface area contributed by atoms with Crippen LogP contribution in [0.3, 0.4) is 0 Å². The van der Waals surface area contributed by atoms with Gasteiger partial charge in [0.15, 0.2) is 5.82 Å². The molecule has 1 aromatic carbocycles. The Hall–Kier alpha value is -2.21. The molecule has 0 aliphatic rings. The van der Waals surface area contributed by atoms with Gasteiger partial charge in [0.05, 0.1) is 16.9 Å². The average molecular weight is 388 g/mol. The first kappa shape index (κ1) is 19.5. The van der Waals surface area contributed by atoms with Gasteiger partial charge >= 0.3 is 0 Å². The van der Waals surface area contributed by atoms with Crippen LogP contribution < -0.4 is 0 Å². The summed E-state index contributed by atoms with van der Waals surface area (Å²) in [5.74, 6) is 0.459. The molecule has 0 aliphatic carbocycles. The highest BCUT2D eigenvalue weighted by Gasteiger charge is 2.21. The van der Waals surface area contributed by atoms with Crippen LogP contribution in [0.5, 0.6) is 0 Å². The first-order chi connectivity index (χ1) is 13.2. The molecule has 4 nitrogen and oxygen atoms in total. The van der Waals surface area contributed by atoms with Crippen LogP contribution >= 0.6 is 11.3 Å². The van der Waals surface area contributed by atoms with Crippen molar-refractivity contribution in [3.63, 3.8) is 0 Å². The molecule has 27 heavy (non-hydrogen) atoms. The van der Waals surface area contributed by atoms with Crippen molar-refractivity contribution in [1.82, 2.24) is 14.5 Å². The second kappa shape index (κ2) is 9.13. The minimum absolute atomic E-state index is 0.0247. The fourth-order valence-corrected chi connectivity index (χ4v) is 3.98. The van der Waals surface area contributed by atoms with E-state index in [0.717, 1.165) is 48.4 Å². The molecule has 0 saturated heterocycles. The van der Waals surface area contributed by atoms with Crippen LogP contribution in [0.4, 0.5) is 4.39 Å². The van der Waals surface area contributed by atoms with Crippen LogP contribution in [-0.2, 0) is 13.1 Å². The minimum atomic E-state index is -0.314. The van der Waals surface area contributed by atoms with E-state index >= 15 is 0 Å². The molecule has 0 bridgehead atoms. The molecular weight excluding hydrogens is 361 g/mol. The number of benzene rings is 1. The van der Waals surface area contributed by atoms with E-state index in [2.05, 4.69) is 18.8 Å². The van der Waals surface area contributed by atoms with E-state index in [4.69, 9.17) is 0 Å². The predicted molar refractivity (Wildman–Crippen MR) is 109 cm³/mol. The molecule has 144 valence electrons. The van der Waals surface area contributed by atoms with E-state index in [0.29, 0.717) is 18.6 Å². The number of fused-ring (bicyclic) bond motifs is 1. The number of carbonyl (C=O) groups is 1. The van der Waals surface area contributed by atoms with Crippen molar-refractivity contribution in [3.05, 3.63) is 52.2 Å². The molecule has 0 unspecified atom stereocenters. The molecule has 1 amide bonds. The highest BCUT2D eigenvalue weighted by molar-refractivity contribution is 7.12. The number of halogens is 1. The van der Waals surface area contributed by atoms with Gasteiger partial charge in [-0.05, 0) is 36.4 Å². The summed E-state index contributed by atoms with van der Waals surface area (Å²) in [7, 11) is 0. The third kappa shape index (κ3) is 4.38. The predicted octanol–water partition coefficient (Wildman–Crippen LogP) is 5.48. The van der Waals surface area contributed by atoms with Gasteiger partial charge in [0, 0.05) is 13.1 Å². The molecule has 0 atom stereocenters. The van der Waals surface area contributed by atoms with Crippen LogP contribution in [0.1, 0.15) is 55.0 Å². The Morgan fingerprint density at radius 3 is 2.74 bits per heavy atom.